The van der Waals surface area contributed by atoms with E-state index in [0.717, 1.165) is 10.6 Å². The largest absolute Gasteiger partial charge is 0.301 e. The Morgan fingerprint density at radius 3 is 2.88 bits per heavy atom. The van der Waals surface area contributed by atoms with Crippen molar-refractivity contribution in [3.63, 3.8) is 0 Å². The number of carbonyl (C=O) groups excluding carboxylic acids is 2. The highest BCUT2D eigenvalue weighted by atomic mass is 35.5. The third-order valence-corrected chi connectivity index (χ3v) is 5.08. The molecule has 1 heterocycles. The molecule has 0 radical (unpaired) electrons. The summed E-state index contributed by atoms with van der Waals surface area (Å²) in [6, 6.07) is 12.5. The third-order valence-electron chi connectivity index (χ3n) is 3.47. The van der Waals surface area contributed by atoms with E-state index < -0.39 is 5.91 Å². The zero-order valence-electron chi connectivity index (χ0n) is 12.9. The molecule has 1 aliphatic heterocycles. The normalized spacial score (nSPS) is 13.8. The topological polar surface area (TPSA) is 61.8 Å². The van der Waals surface area contributed by atoms with Crippen LogP contribution in [0.5, 0.6) is 0 Å². The van der Waals surface area contributed by atoms with Crippen molar-refractivity contribution in [1.82, 2.24) is 5.43 Å². The molecule has 0 aromatic heterocycles. The minimum absolute atomic E-state index is 0.0951. The van der Waals surface area contributed by atoms with Crippen LogP contribution in [0.4, 0.5) is 5.69 Å². The smallest absolute Gasteiger partial charge is 0.260 e. The maximum Gasteiger partial charge on any atom is 0.260 e. The summed E-state index contributed by atoms with van der Waals surface area (Å²) in [6.45, 7) is -0.0951. The number of hydrogen-bond acceptors (Lipinski definition) is 4. The number of nitrogens with one attached hydrogen (secondary N) is 1. The molecule has 1 aliphatic rings. The Kier molecular flexibility index (Phi) is 5.63. The first-order valence-electron chi connectivity index (χ1n) is 7.34. The lowest BCUT2D eigenvalue weighted by Crippen LogP contribution is -2.42. The fourth-order valence-corrected chi connectivity index (χ4v) is 3.68. The van der Waals surface area contributed by atoms with Gasteiger partial charge in [-0.3, -0.25) is 9.59 Å². The van der Waals surface area contributed by atoms with Gasteiger partial charge >= 0.3 is 0 Å². The molecule has 0 spiro atoms. The summed E-state index contributed by atoms with van der Waals surface area (Å²) < 4.78 is 0. The number of nitrogens with zero attached hydrogens (tertiary/aromatic N) is 2. The zero-order chi connectivity index (χ0) is 17.8. The minimum Gasteiger partial charge on any atom is -0.301 e. The minimum atomic E-state index is -0.392. The van der Waals surface area contributed by atoms with Crippen LogP contribution in [0.25, 0.3) is 0 Å². The quantitative estimate of drug-likeness (QED) is 0.637. The average Bonchev–Trinajstić information content (AvgIpc) is 2.59. The molecule has 128 valence electrons. The second-order valence-electron chi connectivity index (χ2n) is 5.20. The Balaban J connectivity index is 1.65. The van der Waals surface area contributed by atoms with Crippen molar-refractivity contribution in [2.75, 3.05) is 17.2 Å². The molecule has 2 aromatic carbocycles. The highest BCUT2D eigenvalue weighted by Gasteiger charge is 2.25. The summed E-state index contributed by atoms with van der Waals surface area (Å²) in [7, 11) is 0. The standard InChI is InChI=1S/C17H13Cl2N3O2S/c18-12-6-5-11(13(19)7-12)8-20-21-16(23)9-22-14-3-1-2-4-15(14)25-10-17(22)24/h1-8H,9-10H2,(H,21,23). The lowest BCUT2D eigenvalue weighted by atomic mass is 10.2. The van der Waals surface area contributed by atoms with Crippen LogP contribution in [0.1, 0.15) is 5.56 Å². The molecule has 0 atom stereocenters. The lowest BCUT2D eigenvalue weighted by molar-refractivity contribution is -0.122. The predicted molar refractivity (Wildman–Crippen MR) is 102 cm³/mol. The predicted octanol–water partition coefficient (Wildman–Crippen LogP) is 3.58. The zero-order valence-corrected chi connectivity index (χ0v) is 15.2. The molecule has 2 amide bonds. The van der Waals surface area contributed by atoms with Crippen LogP contribution in [0.3, 0.4) is 0 Å². The molecule has 0 aliphatic carbocycles. The fourth-order valence-electron chi connectivity index (χ4n) is 2.29. The van der Waals surface area contributed by atoms with Crippen molar-refractivity contribution in [2.24, 2.45) is 5.10 Å². The first-order valence-corrected chi connectivity index (χ1v) is 9.08. The van der Waals surface area contributed by atoms with Gasteiger partial charge < -0.3 is 4.90 Å². The molecular weight excluding hydrogens is 381 g/mol. The number of thioether (sulfide) groups is 1. The SMILES string of the molecule is O=C(CN1C(=O)CSc2ccccc21)NN=Cc1ccc(Cl)cc1Cl. The number of anilines is 1. The monoisotopic (exact) mass is 393 g/mol. The fraction of sp³-hybridized carbons (Fsp3) is 0.118. The molecule has 25 heavy (non-hydrogen) atoms. The van der Waals surface area contributed by atoms with E-state index in [4.69, 9.17) is 23.2 Å². The van der Waals surface area contributed by atoms with Crippen LogP contribution >= 0.6 is 35.0 Å². The van der Waals surface area contributed by atoms with Gasteiger partial charge in [-0.15, -0.1) is 11.8 Å². The highest BCUT2D eigenvalue weighted by Crippen LogP contribution is 2.34. The van der Waals surface area contributed by atoms with E-state index >= 15 is 0 Å². The van der Waals surface area contributed by atoms with Crippen LogP contribution < -0.4 is 10.3 Å². The number of benzene rings is 2. The van der Waals surface area contributed by atoms with Crippen LogP contribution in [0.2, 0.25) is 10.0 Å². The van der Waals surface area contributed by atoms with Gasteiger partial charge in [0.1, 0.15) is 6.54 Å². The van der Waals surface area contributed by atoms with E-state index in [9.17, 15) is 9.59 Å². The lowest BCUT2D eigenvalue weighted by Gasteiger charge is -2.27. The van der Waals surface area contributed by atoms with Crippen molar-refractivity contribution < 1.29 is 9.59 Å². The number of hydrazone groups is 1. The Bertz CT molecular complexity index is 858. The van der Waals surface area contributed by atoms with Gasteiger partial charge in [0.25, 0.3) is 5.91 Å². The first-order chi connectivity index (χ1) is 12.0. The van der Waals surface area contributed by atoms with E-state index in [0.29, 0.717) is 21.4 Å². The number of amides is 2. The van der Waals surface area contributed by atoms with Crippen LogP contribution in [0, 0.1) is 0 Å². The van der Waals surface area contributed by atoms with E-state index in [1.165, 1.54) is 22.9 Å². The molecule has 0 fully saturated rings. The van der Waals surface area contributed by atoms with E-state index in [1.807, 2.05) is 24.3 Å². The summed E-state index contributed by atoms with van der Waals surface area (Å²) in [6.07, 6.45) is 1.43. The molecule has 2 aromatic rings. The third kappa shape index (κ3) is 4.34. The molecule has 1 N–H and O–H groups in total. The van der Waals surface area contributed by atoms with Crippen LogP contribution in [0.15, 0.2) is 52.5 Å². The Hall–Kier alpha value is -2.02. The van der Waals surface area contributed by atoms with Gasteiger partial charge in [0.2, 0.25) is 5.91 Å². The van der Waals surface area contributed by atoms with Gasteiger partial charge in [-0.2, -0.15) is 5.10 Å². The van der Waals surface area contributed by atoms with Crippen molar-refractivity contribution in [1.29, 1.82) is 0 Å². The average molecular weight is 394 g/mol. The molecule has 0 saturated carbocycles. The second-order valence-corrected chi connectivity index (χ2v) is 7.06. The summed E-state index contributed by atoms with van der Waals surface area (Å²) >= 11 is 13.3. The summed E-state index contributed by atoms with van der Waals surface area (Å²) in [4.78, 5) is 26.7. The molecule has 0 unspecified atom stereocenters. The van der Waals surface area contributed by atoms with E-state index in [2.05, 4.69) is 10.5 Å². The molecule has 0 bridgehead atoms. The second kappa shape index (κ2) is 7.91. The van der Waals surface area contributed by atoms with Crippen molar-refractivity contribution in [3.8, 4) is 0 Å². The number of hydrogen-bond donors (Lipinski definition) is 1. The Morgan fingerprint density at radius 2 is 2.08 bits per heavy atom. The van der Waals surface area contributed by atoms with Gasteiger partial charge in [0.05, 0.1) is 22.7 Å². The summed E-state index contributed by atoms with van der Waals surface area (Å²) in [5.74, 6) is -0.187. The molecular formula is C17H13Cl2N3O2S. The molecule has 5 nitrogen and oxygen atoms in total. The first kappa shape index (κ1) is 17.8. The Labute approximate surface area is 159 Å². The van der Waals surface area contributed by atoms with E-state index in [-0.39, 0.29) is 12.5 Å². The van der Waals surface area contributed by atoms with Gasteiger partial charge in [-0.25, -0.2) is 5.43 Å². The van der Waals surface area contributed by atoms with Gasteiger partial charge in [-0.05, 0) is 24.3 Å². The van der Waals surface area contributed by atoms with Crippen molar-refractivity contribution >= 4 is 58.7 Å². The van der Waals surface area contributed by atoms with Gasteiger partial charge in [0, 0.05) is 15.5 Å². The maximum atomic E-state index is 12.1. The van der Waals surface area contributed by atoms with Gasteiger partial charge in [-0.1, -0.05) is 41.4 Å². The number of carbonyl (C=O) groups is 2. The number of rotatable bonds is 4. The highest BCUT2D eigenvalue weighted by molar-refractivity contribution is 8.00. The summed E-state index contributed by atoms with van der Waals surface area (Å²) in [5.41, 5.74) is 3.78. The maximum absolute atomic E-state index is 12.1. The number of halogens is 2. The molecule has 0 saturated heterocycles. The van der Waals surface area contributed by atoms with Crippen molar-refractivity contribution in [2.45, 2.75) is 4.90 Å². The van der Waals surface area contributed by atoms with Crippen molar-refractivity contribution in [3.05, 3.63) is 58.1 Å². The van der Waals surface area contributed by atoms with Crippen LogP contribution in [-0.4, -0.2) is 30.3 Å². The van der Waals surface area contributed by atoms with Crippen LogP contribution in [-0.2, 0) is 9.59 Å². The Morgan fingerprint density at radius 1 is 1.28 bits per heavy atom. The number of fused-ring (bicyclic) bond motifs is 1. The molecule has 8 heteroatoms. The molecule has 3 rings (SSSR count). The summed E-state index contributed by atoms with van der Waals surface area (Å²) in [5, 5.41) is 4.84. The number of para-hydroxylation sites is 1. The van der Waals surface area contributed by atoms with E-state index in [1.54, 1.807) is 18.2 Å². The van der Waals surface area contributed by atoms with Gasteiger partial charge in [0.15, 0.2) is 0 Å².